The van der Waals surface area contributed by atoms with Crippen LogP contribution in [0.1, 0.15) is 51.5 Å². The van der Waals surface area contributed by atoms with Gasteiger partial charge in [0.15, 0.2) is 0 Å². The molecule has 0 amide bonds. The lowest BCUT2D eigenvalue weighted by Gasteiger charge is -2.28. The largest absolute Gasteiger partial charge is 0.368 e. The molecule has 1 N–H and O–H groups in total. The van der Waals surface area contributed by atoms with E-state index >= 15 is 0 Å². The Kier molecular flexibility index (Phi) is 4.75. The van der Waals surface area contributed by atoms with Crippen molar-refractivity contribution < 1.29 is 0 Å². The van der Waals surface area contributed by atoms with Gasteiger partial charge in [0.25, 0.3) is 0 Å². The predicted octanol–water partition coefficient (Wildman–Crippen LogP) is 4.61. The highest BCUT2D eigenvalue weighted by Crippen LogP contribution is 2.36. The van der Waals surface area contributed by atoms with Crippen molar-refractivity contribution >= 4 is 17.3 Å². The maximum absolute atomic E-state index is 6.28. The summed E-state index contributed by atoms with van der Waals surface area (Å²) in [5.41, 5.74) is 2.76. The van der Waals surface area contributed by atoms with Crippen LogP contribution >= 0.6 is 11.6 Å². The van der Waals surface area contributed by atoms with E-state index in [2.05, 4.69) is 36.2 Å². The second kappa shape index (κ2) is 6.58. The molecule has 116 valence electrons. The Bertz CT molecular complexity index is 478. The molecule has 2 saturated carbocycles. The van der Waals surface area contributed by atoms with Gasteiger partial charge in [-0.05, 0) is 55.7 Å². The zero-order chi connectivity index (χ0) is 14.8. The lowest BCUT2D eigenvalue weighted by molar-refractivity contribution is 0.569. The summed E-state index contributed by atoms with van der Waals surface area (Å²) >= 11 is 6.28. The lowest BCUT2D eigenvalue weighted by Crippen LogP contribution is -2.29. The van der Waals surface area contributed by atoms with E-state index in [9.17, 15) is 0 Å². The van der Waals surface area contributed by atoms with E-state index in [0.717, 1.165) is 36.1 Å². The molecule has 1 aromatic rings. The van der Waals surface area contributed by atoms with Crippen LogP contribution in [0.3, 0.4) is 0 Å². The molecule has 2 aliphatic carbocycles. The topological polar surface area (TPSA) is 15.3 Å². The van der Waals surface area contributed by atoms with Gasteiger partial charge in [-0.1, -0.05) is 31.5 Å². The molecule has 2 fully saturated rings. The summed E-state index contributed by atoms with van der Waals surface area (Å²) in [6, 6.07) is 7.89. The number of nitrogens with zero attached hydrogens (tertiary/aromatic N) is 1. The van der Waals surface area contributed by atoms with Crippen LogP contribution in [0, 0.1) is 5.92 Å². The van der Waals surface area contributed by atoms with Crippen molar-refractivity contribution in [1.82, 2.24) is 5.32 Å². The first-order valence-corrected chi connectivity index (χ1v) is 8.79. The maximum atomic E-state index is 6.28. The Morgan fingerprint density at radius 2 is 2.00 bits per heavy atom. The van der Waals surface area contributed by atoms with Crippen LogP contribution < -0.4 is 10.2 Å². The number of halogens is 1. The predicted molar refractivity (Wildman–Crippen MR) is 91.1 cm³/mol. The Morgan fingerprint density at radius 1 is 1.24 bits per heavy atom. The SMILES string of the molecule is CC(C)CCN(c1cc(Cl)ccc1CNC1CC1)C1CC1. The minimum Gasteiger partial charge on any atom is -0.368 e. The van der Waals surface area contributed by atoms with Crippen LogP contribution in [-0.2, 0) is 6.54 Å². The van der Waals surface area contributed by atoms with E-state index in [1.807, 2.05) is 6.07 Å². The fourth-order valence-electron chi connectivity index (χ4n) is 2.78. The van der Waals surface area contributed by atoms with Gasteiger partial charge in [0.1, 0.15) is 0 Å². The first kappa shape index (κ1) is 15.2. The van der Waals surface area contributed by atoms with E-state index in [0.29, 0.717) is 0 Å². The highest BCUT2D eigenvalue weighted by molar-refractivity contribution is 6.30. The van der Waals surface area contributed by atoms with Crippen molar-refractivity contribution in [2.45, 2.75) is 64.6 Å². The Morgan fingerprint density at radius 3 is 2.62 bits per heavy atom. The van der Waals surface area contributed by atoms with Crippen molar-refractivity contribution in [3.05, 3.63) is 28.8 Å². The molecular formula is C18H27ClN2. The third-order valence-corrected chi connectivity index (χ3v) is 4.69. The number of hydrogen-bond acceptors (Lipinski definition) is 2. The summed E-state index contributed by atoms with van der Waals surface area (Å²) in [4.78, 5) is 2.61. The summed E-state index contributed by atoms with van der Waals surface area (Å²) in [5, 5.41) is 4.50. The van der Waals surface area contributed by atoms with Gasteiger partial charge >= 0.3 is 0 Å². The molecule has 0 unspecified atom stereocenters. The summed E-state index contributed by atoms with van der Waals surface area (Å²) in [7, 11) is 0. The second-order valence-electron chi connectivity index (χ2n) is 7.04. The molecule has 1 aromatic carbocycles. The van der Waals surface area contributed by atoms with Crippen molar-refractivity contribution in [3.63, 3.8) is 0 Å². The van der Waals surface area contributed by atoms with Crippen LogP contribution in [0.15, 0.2) is 18.2 Å². The van der Waals surface area contributed by atoms with Crippen LogP contribution in [0.5, 0.6) is 0 Å². The van der Waals surface area contributed by atoms with Crippen LogP contribution in [-0.4, -0.2) is 18.6 Å². The average molecular weight is 307 g/mol. The molecular weight excluding hydrogens is 280 g/mol. The molecule has 0 aromatic heterocycles. The minimum atomic E-state index is 0.738. The van der Waals surface area contributed by atoms with Crippen molar-refractivity contribution in [1.29, 1.82) is 0 Å². The molecule has 0 aliphatic heterocycles. The smallest absolute Gasteiger partial charge is 0.0429 e. The molecule has 2 nitrogen and oxygen atoms in total. The van der Waals surface area contributed by atoms with E-state index < -0.39 is 0 Å². The number of nitrogens with one attached hydrogen (secondary N) is 1. The van der Waals surface area contributed by atoms with Gasteiger partial charge in [-0.2, -0.15) is 0 Å². The fraction of sp³-hybridized carbons (Fsp3) is 0.667. The van der Waals surface area contributed by atoms with E-state index in [4.69, 9.17) is 11.6 Å². The standard InChI is InChI=1S/C18H27ClN2/c1-13(2)9-10-21(17-7-8-17)18-11-15(19)4-3-14(18)12-20-16-5-6-16/h3-4,11,13,16-17,20H,5-10,12H2,1-2H3. The number of anilines is 1. The highest BCUT2D eigenvalue weighted by Gasteiger charge is 2.30. The van der Waals surface area contributed by atoms with Gasteiger partial charge in [0.05, 0.1) is 0 Å². The average Bonchev–Trinajstić information content (AvgIpc) is 3.31. The van der Waals surface area contributed by atoms with Gasteiger partial charge in [0.2, 0.25) is 0 Å². The monoisotopic (exact) mass is 306 g/mol. The normalized spacial score (nSPS) is 18.3. The molecule has 0 spiro atoms. The summed E-state index contributed by atoms with van der Waals surface area (Å²) in [6.45, 7) is 6.73. The third-order valence-electron chi connectivity index (χ3n) is 4.45. The van der Waals surface area contributed by atoms with Crippen LogP contribution in [0.25, 0.3) is 0 Å². The molecule has 21 heavy (non-hydrogen) atoms. The van der Waals surface area contributed by atoms with Gasteiger partial charge in [-0.15, -0.1) is 0 Å². The minimum absolute atomic E-state index is 0.738. The Balaban J connectivity index is 1.76. The maximum Gasteiger partial charge on any atom is 0.0429 e. The number of benzene rings is 1. The zero-order valence-electron chi connectivity index (χ0n) is 13.2. The molecule has 0 saturated heterocycles. The van der Waals surface area contributed by atoms with Crippen molar-refractivity contribution in [2.75, 3.05) is 11.4 Å². The number of rotatable bonds is 8. The molecule has 0 bridgehead atoms. The lowest BCUT2D eigenvalue weighted by atomic mass is 10.1. The molecule has 0 heterocycles. The molecule has 3 heteroatoms. The van der Waals surface area contributed by atoms with E-state index in [-0.39, 0.29) is 0 Å². The summed E-state index contributed by atoms with van der Waals surface area (Å²) in [6.07, 6.45) is 6.59. The molecule has 0 atom stereocenters. The highest BCUT2D eigenvalue weighted by atomic mass is 35.5. The third kappa shape index (κ3) is 4.37. The zero-order valence-corrected chi connectivity index (χ0v) is 14.0. The summed E-state index contributed by atoms with van der Waals surface area (Å²) < 4.78 is 0. The second-order valence-corrected chi connectivity index (χ2v) is 7.47. The van der Waals surface area contributed by atoms with E-state index in [1.165, 1.54) is 43.4 Å². The van der Waals surface area contributed by atoms with Gasteiger partial charge in [-0.3, -0.25) is 0 Å². The molecule has 2 aliphatic rings. The number of hydrogen-bond donors (Lipinski definition) is 1. The Hall–Kier alpha value is -0.730. The van der Waals surface area contributed by atoms with Crippen molar-refractivity contribution in [3.8, 4) is 0 Å². The van der Waals surface area contributed by atoms with E-state index in [1.54, 1.807) is 0 Å². The van der Waals surface area contributed by atoms with Crippen molar-refractivity contribution in [2.24, 2.45) is 5.92 Å². The quantitative estimate of drug-likeness (QED) is 0.754. The molecule has 0 radical (unpaired) electrons. The Labute approximate surface area is 133 Å². The van der Waals surface area contributed by atoms with Crippen LogP contribution in [0.4, 0.5) is 5.69 Å². The van der Waals surface area contributed by atoms with Gasteiger partial charge in [-0.25, -0.2) is 0 Å². The van der Waals surface area contributed by atoms with Gasteiger partial charge < -0.3 is 10.2 Å². The first-order valence-electron chi connectivity index (χ1n) is 8.42. The summed E-state index contributed by atoms with van der Waals surface area (Å²) in [5.74, 6) is 0.749. The van der Waals surface area contributed by atoms with Gasteiger partial charge in [0, 0.05) is 35.9 Å². The fourth-order valence-corrected chi connectivity index (χ4v) is 2.95. The first-order chi connectivity index (χ1) is 10.1. The molecule has 3 rings (SSSR count). The van der Waals surface area contributed by atoms with Crippen LogP contribution in [0.2, 0.25) is 5.02 Å².